The zero-order valence-corrected chi connectivity index (χ0v) is 17.7. The minimum Gasteiger partial charge on any atom is -0.484 e. The number of nitrogens with zero attached hydrogens (tertiary/aromatic N) is 3. The third kappa shape index (κ3) is 4.69. The van der Waals surface area contributed by atoms with E-state index in [0.29, 0.717) is 18.1 Å². The number of nitrogens with one attached hydrogen (secondary N) is 2. The van der Waals surface area contributed by atoms with Crippen molar-refractivity contribution in [3.63, 3.8) is 0 Å². The van der Waals surface area contributed by atoms with E-state index in [1.54, 1.807) is 28.9 Å². The fourth-order valence-corrected chi connectivity index (χ4v) is 3.92. The molecule has 1 aliphatic heterocycles. The summed E-state index contributed by atoms with van der Waals surface area (Å²) in [5, 5.41) is 10.6. The Morgan fingerprint density at radius 1 is 1.00 bits per heavy atom. The standard InChI is InChI=1S/C25H22FN5O2/c26-19-13-11-18(12-14-19)22-15-21(17-7-3-1-4-8-17)27-25-29-24(30-31(22)25)28-23(32)16-33-20-9-5-2-6-10-20/h1-14,21-22H,15-16H2,(H2,27,28,29,30,32)/t21-,22+/m1/s1. The summed E-state index contributed by atoms with van der Waals surface area (Å²) in [6, 6.07) is 25.4. The highest BCUT2D eigenvalue weighted by atomic mass is 19.1. The Labute approximate surface area is 190 Å². The van der Waals surface area contributed by atoms with Crippen molar-refractivity contribution in [3.8, 4) is 5.75 Å². The first-order valence-electron chi connectivity index (χ1n) is 10.7. The van der Waals surface area contributed by atoms with Gasteiger partial charge in [-0.15, -0.1) is 5.10 Å². The van der Waals surface area contributed by atoms with E-state index in [2.05, 4.69) is 32.8 Å². The number of para-hydroxylation sites is 1. The molecule has 1 aliphatic rings. The number of ether oxygens (including phenoxy) is 1. The number of carbonyl (C=O) groups excluding carboxylic acids is 1. The predicted octanol–water partition coefficient (Wildman–Crippen LogP) is 4.58. The Kier molecular flexibility index (Phi) is 5.72. The second-order valence-electron chi connectivity index (χ2n) is 7.76. The van der Waals surface area contributed by atoms with Crippen molar-refractivity contribution in [2.75, 3.05) is 17.2 Å². The molecule has 0 unspecified atom stereocenters. The van der Waals surface area contributed by atoms with Crippen LogP contribution in [0.15, 0.2) is 84.9 Å². The Morgan fingerprint density at radius 3 is 2.42 bits per heavy atom. The van der Waals surface area contributed by atoms with Gasteiger partial charge in [-0.25, -0.2) is 9.07 Å². The number of fused-ring (bicyclic) bond motifs is 1. The maximum absolute atomic E-state index is 13.5. The lowest BCUT2D eigenvalue weighted by atomic mass is 9.93. The topological polar surface area (TPSA) is 81.1 Å². The van der Waals surface area contributed by atoms with Crippen molar-refractivity contribution in [2.24, 2.45) is 0 Å². The maximum Gasteiger partial charge on any atom is 0.264 e. The highest BCUT2D eigenvalue weighted by Gasteiger charge is 2.31. The summed E-state index contributed by atoms with van der Waals surface area (Å²) in [7, 11) is 0. The van der Waals surface area contributed by atoms with Crippen LogP contribution in [-0.2, 0) is 4.79 Å². The minimum atomic E-state index is -0.361. The molecule has 1 amide bonds. The van der Waals surface area contributed by atoms with Crippen molar-refractivity contribution < 1.29 is 13.9 Å². The number of carbonyl (C=O) groups is 1. The van der Waals surface area contributed by atoms with E-state index >= 15 is 0 Å². The molecule has 3 aromatic carbocycles. The molecule has 7 nitrogen and oxygen atoms in total. The Morgan fingerprint density at radius 2 is 1.70 bits per heavy atom. The summed E-state index contributed by atoms with van der Waals surface area (Å²) in [4.78, 5) is 16.9. The number of aromatic nitrogens is 3. The number of rotatable bonds is 6. The first-order chi connectivity index (χ1) is 16.2. The van der Waals surface area contributed by atoms with Crippen molar-refractivity contribution in [1.82, 2.24) is 14.8 Å². The molecule has 5 rings (SSSR count). The lowest BCUT2D eigenvalue weighted by molar-refractivity contribution is -0.118. The molecule has 8 heteroatoms. The first kappa shape index (κ1) is 20.7. The van der Waals surface area contributed by atoms with Crippen molar-refractivity contribution in [1.29, 1.82) is 0 Å². The van der Waals surface area contributed by atoms with Crippen LogP contribution in [0.4, 0.5) is 16.3 Å². The van der Waals surface area contributed by atoms with E-state index in [4.69, 9.17) is 4.74 Å². The lowest BCUT2D eigenvalue weighted by Gasteiger charge is -2.31. The molecule has 0 saturated carbocycles. The zero-order valence-electron chi connectivity index (χ0n) is 17.7. The van der Waals surface area contributed by atoms with Crippen molar-refractivity contribution in [2.45, 2.75) is 18.5 Å². The van der Waals surface area contributed by atoms with Crippen molar-refractivity contribution >= 4 is 17.8 Å². The number of anilines is 2. The number of benzene rings is 3. The summed E-state index contributed by atoms with van der Waals surface area (Å²) in [5.41, 5.74) is 2.02. The Hall–Kier alpha value is -4.20. The fraction of sp³-hybridized carbons (Fsp3) is 0.160. The normalized spacial score (nSPS) is 17.0. The van der Waals surface area contributed by atoms with E-state index in [9.17, 15) is 9.18 Å². The quantitative estimate of drug-likeness (QED) is 0.456. The van der Waals surface area contributed by atoms with E-state index in [0.717, 1.165) is 11.1 Å². The highest BCUT2D eigenvalue weighted by Crippen LogP contribution is 2.38. The van der Waals surface area contributed by atoms with E-state index in [1.165, 1.54) is 12.1 Å². The molecular weight excluding hydrogens is 421 g/mol. The molecule has 0 spiro atoms. The van der Waals surface area contributed by atoms with Crippen LogP contribution in [0, 0.1) is 5.82 Å². The van der Waals surface area contributed by atoms with Crippen LogP contribution >= 0.6 is 0 Å². The summed E-state index contributed by atoms with van der Waals surface area (Å²) in [6.07, 6.45) is 0.691. The van der Waals surface area contributed by atoms with Gasteiger partial charge in [-0.05, 0) is 41.8 Å². The molecule has 2 heterocycles. The number of amides is 1. The molecule has 1 aromatic heterocycles. The van der Waals surface area contributed by atoms with E-state index < -0.39 is 0 Å². The summed E-state index contributed by atoms with van der Waals surface area (Å²) in [5.74, 6) is 0.661. The highest BCUT2D eigenvalue weighted by molar-refractivity contribution is 5.90. The van der Waals surface area contributed by atoms with Crippen LogP contribution < -0.4 is 15.4 Å². The Balaban J connectivity index is 1.38. The average molecular weight is 443 g/mol. The third-order valence-corrected chi connectivity index (χ3v) is 5.51. The summed E-state index contributed by atoms with van der Waals surface area (Å²) in [6.45, 7) is -0.157. The molecule has 33 heavy (non-hydrogen) atoms. The average Bonchev–Trinajstić information content (AvgIpc) is 3.26. The molecule has 0 fully saturated rings. The largest absolute Gasteiger partial charge is 0.484 e. The van der Waals surface area contributed by atoms with Gasteiger partial charge < -0.3 is 10.1 Å². The van der Waals surface area contributed by atoms with Crippen LogP contribution in [0.1, 0.15) is 29.6 Å². The van der Waals surface area contributed by atoms with Gasteiger partial charge in [0.05, 0.1) is 12.1 Å². The summed E-state index contributed by atoms with van der Waals surface area (Å²) < 4.78 is 20.8. The monoisotopic (exact) mass is 443 g/mol. The van der Waals surface area contributed by atoms with E-state index in [-0.39, 0.29) is 36.4 Å². The molecule has 0 saturated heterocycles. The molecule has 0 bridgehead atoms. The number of hydrogen-bond acceptors (Lipinski definition) is 5. The van der Waals surface area contributed by atoms with Gasteiger partial charge in [0.15, 0.2) is 6.61 Å². The second kappa shape index (κ2) is 9.12. The Bertz CT molecular complexity index is 1230. The molecule has 4 aromatic rings. The van der Waals surface area contributed by atoms with Crippen LogP contribution in [0.3, 0.4) is 0 Å². The van der Waals surface area contributed by atoms with Crippen LogP contribution in [0.25, 0.3) is 0 Å². The van der Waals surface area contributed by atoms with Gasteiger partial charge in [0.1, 0.15) is 11.6 Å². The third-order valence-electron chi connectivity index (χ3n) is 5.51. The fourth-order valence-electron chi connectivity index (χ4n) is 3.92. The molecule has 166 valence electrons. The SMILES string of the molecule is O=C(COc1ccccc1)Nc1nc2n(n1)[C@H](c1ccc(F)cc1)C[C@H](c1ccccc1)N2. The summed E-state index contributed by atoms with van der Waals surface area (Å²) >= 11 is 0. The molecular formula is C25H22FN5O2. The maximum atomic E-state index is 13.5. The van der Waals surface area contributed by atoms with Crippen LogP contribution in [0.2, 0.25) is 0 Å². The number of hydrogen-bond donors (Lipinski definition) is 2. The number of halogens is 1. The second-order valence-corrected chi connectivity index (χ2v) is 7.76. The first-order valence-corrected chi connectivity index (χ1v) is 10.7. The lowest BCUT2D eigenvalue weighted by Crippen LogP contribution is -2.28. The predicted molar refractivity (Wildman–Crippen MR) is 123 cm³/mol. The van der Waals surface area contributed by atoms with Gasteiger partial charge in [0.2, 0.25) is 5.95 Å². The molecule has 2 N–H and O–H groups in total. The smallest absolute Gasteiger partial charge is 0.264 e. The van der Waals surface area contributed by atoms with E-state index in [1.807, 2.05) is 36.4 Å². The van der Waals surface area contributed by atoms with Crippen LogP contribution in [-0.4, -0.2) is 27.3 Å². The van der Waals surface area contributed by atoms with Gasteiger partial charge in [-0.1, -0.05) is 60.7 Å². The minimum absolute atomic E-state index is 0.0112. The van der Waals surface area contributed by atoms with Gasteiger partial charge in [0.25, 0.3) is 11.9 Å². The zero-order chi connectivity index (χ0) is 22.6. The van der Waals surface area contributed by atoms with Crippen molar-refractivity contribution in [3.05, 3.63) is 102 Å². The van der Waals surface area contributed by atoms with Gasteiger partial charge in [0, 0.05) is 0 Å². The molecule has 0 radical (unpaired) electrons. The van der Waals surface area contributed by atoms with Crippen LogP contribution in [0.5, 0.6) is 5.75 Å². The van der Waals surface area contributed by atoms with Gasteiger partial charge in [-0.2, -0.15) is 4.98 Å². The van der Waals surface area contributed by atoms with Gasteiger partial charge in [-0.3, -0.25) is 10.1 Å². The molecule has 0 aliphatic carbocycles. The molecule has 2 atom stereocenters. The van der Waals surface area contributed by atoms with Gasteiger partial charge >= 0.3 is 0 Å².